The minimum atomic E-state index is 0.348. The van der Waals surface area contributed by atoms with Crippen LogP contribution < -0.4 is 10.6 Å². The molecule has 168 valence electrons. The van der Waals surface area contributed by atoms with E-state index in [4.69, 9.17) is 9.47 Å². The molecule has 1 saturated carbocycles. The lowest BCUT2D eigenvalue weighted by molar-refractivity contribution is 0.0341. The van der Waals surface area contributed by atoms with Gasteiger partial charge in [0.15, 0.2) is 5.96 Å². The maximum Gasteiger partial charge on any atom is 0.191 e. The predicted octanol–water partition coefficient (Wildman–Crippen LogP) is 3.17. The number of guanidine groups is 1. The van der Waals surface area contributed by atoms with Crippen molar-refractivity contribution in [2.75, 3.05) is 53.1 Å². The maximum absolute atomic E-state index is 5.65. The first-order valence-corrected chi connectivity index (χ1v) is 11.6. The number of benzene rings is 1. The number of ether oxygens (including phenoxy) is 2. The molecule has 2 fully saturated rings. The van der Waals surface area contributed by atoms with Gasteiger partial charge in [0.25, 0.3) is 0 Å². The number of morpholine rings is 1. The Morgan fingerprint density at radius 3 is 2.57 bits per heavy atom. The molecule has 0 radical (unpaired) electrons. The van der Waals surface area contributed by atoms with Crippen LogP contribution in [0.25, 0.3) is 0 Å². The first kappa shape index (κ1) is 23.0. The van der Waals surface area contributed by atoms with Gasteiger partial charge in [0.05, 0.1) is 13.2 Å². The number of nitrogens with one attached hydrogen (secondary N) is 2. The van der Waals surface area contributed by atoms with Crippen LogP contribution in [0, 0.1) is 5.41 Å². The zero-order valence-corrected chi connectivity index (χ0v) is 18.9. The van der Waals surface area contributed by atoms with Crippen LogP contribution in [0.1, 0.15) is 50.2 Å². The zero-order chi connectivity index (χ0) is 21.1. The topological polar surface area (TPSA) is 58.1 Å². The van der Waals surface area contributed by atoms with Gasteiger partial charge in [0.1, 0.15) is 0 Å². The SMILES string of the molecule is CCOCCC1(CNC(=NC)NCc2ccccc2CN2CCOCC2)CCCC1. The van der Waals surface area contributed by atoms with Crippen LogP contribution in [0.15, 0.2) is 29.3 Å². The van der Waals surface area contributed by atoms with E-state index in [1.807, 2.05) is 7.05 Å². The van der Waals surface area contributed by atoms with Crippen molar-refractivity contribution in [2.24, 2.45) is 10.4 Å². The molecule has 2 N–H and O–H groups in total. The molecule has 1 aromatic carbocycles. The van der Waals surface area contributed by atoms with Crippen LogP contribution in [0.2, 0.25) is 0 Å². The summed E-state index contributed by atoms with van der Waals surface area (Å²) in [5.41, 5.74) is 3.06. The van der Waals surface area contributed by atoms with Crippen LogP contribution in [-0.2, 0) is 22.6 Å². The Hall–Kier alpha value is -1.63. The fourth-order valence-corrected chi connectivity index (χ4v) is 4.63. The van der Waals surface area contributed by atoms with Gasteiger partial charge in [-0.05, 0) is 42.7 Å². The molecule has 0 bridgehead atoms. The molecule has 1 heterocycles. The molecule has 0 unspecified atom stereocenters. The molecule has 1 saturated heterocycles. The van der Waals surface area contributed by atoms with Gasteiger partial charge < -0.3 is 20.1 Å². The molecular formula is C24H40N4O2. The highest BCUT2D eigenvalue weighted by Gasteiger charge is 2.33. The van der Waals surface area contributed by atoms with E-state index in [9.17, 15) is 0 Å². The standard InChI is InChI=1S/C24H40N4O2/c1-3-29-15-12-24(10-6-7-11-24)20-27-23(25-2)26-18-21-8-4-5-9-22(21)19-28-13-16-30-17-14-28/h4-5,8-9H,3,6-7,10-20H2,1-2H3,(H2,25,26,27). The molecule has 0 spiro atoms. The summed E-state index contributed by atoms with van der Waals surface area (Å²) in [6.45, 7) is 10.2. The average Bonchev–Trinajstić information content (AvgIpc) is 3.25. The van der Waals surface area contributed by atoms with Crippen molar-refractivity contribution in [1.82, 2.24) is 15.5 Å². The highest BCUT2D eigenvalue weighted by atomic mass is 16.5. The molecule has 1 aliphatic carbocycles. The second-order valence-corrected chi connectivity index (χ2v) is 8.59. The second-order valence-electron chi connectivity index (χ2n) is 8.59. The van der Waals surface area contributed by atoms with Crippen LogP contribution in [0.4, 0.5) is 0 Å². The highest BCUT2D eigenvalue weighted by molar-refractivity contribution is 5.79. The summed E-state index contributed by atoms with van der Waals surface area (Å²) in [5, 5.41) is 7.14. The van der Waals surface area contributed by atoms with E-state index in [0.717, 1.165) is 71.5 Å². The van der Waals surface area contributed by atoms with Crippen molar-refractivity contribution in [3.05, 3.63) is 35.4 Å². The normalized spacial score (nSPS) is 19.7. The van der Waals surface area contributed by atoms with E-state index in [1.54, 1.807) is 0 Å². The quantitative estimate of drug-likeness (QED) is 0.349. The lowest BCUT2D eigenvalue weighted by Crippen LogP contribution is -2.43. The molecule has 0 atom stereocenters. The van der Waals surface area contributed by atoms with E-state index in [1.165, 1.54) is 36.8 Å². The monoisotopic (exact) mass is 416 g/mol. The van der Waals surface area contributed by atoms with Gasteiger partial charge in [0, 0.05) is 53.0 Å². The van der Waals surface area contributed by atoms with Crippen molar-refractivity contribution in [3.8, 4) is 0 Å². The van der Waals surface area contributed by atoms with Gasteiger partial charge in [0.2, 0.25) is 0 Å². The minimum Gasteiger partial charge on any atom is -0.382 e. The van der Waals surface area contributed by atoms with E-state index < -0.39 is 0 Å². The number of nitrogens with zero attached hydrogens (tertiary/aromatic N) is 2. The fourth-order valence-electron chi connectivity index (χ4n) is 4.63. The molecule has 6 nitrogen and oxygen atoms in total. The molecule has 1 aromatic rings. The van der Waals surface area contributed by atoms with Crippen LogP contribution >= 0.6 is 0 Å². The fraction of sp³-hybridized carbons (Fsp3) is 0.708. The minimum absolute atomic E-state index is 0.348. The largest absolute Gasteiger partial charge is 0.382 e. The van der Waals surface area contributed by atoms with Gasteiger partial charge >= 0.3 is 0 Å². The van der Waals surface area contributed by atoms with E-state index >= 15 is 0 Å². The molecule has 30 heavy (non-hydrogen) atoms. The Morgan fingerprint density at radius 1 is 1.13 bits per heavy atom. The molecule has 0 aromatic heterocycles. The molecule has 6 heteroatoms. The Morgan fingerprint density at radius 2 is 1.87 bits per heavy atom. The van der Waals surface area contributed by atoms with Crippen LogP contribution in [-0.4, -0.2) is 64.0 Å². The van der Waals surface area contributed by atoms with Gasteiger partial charge in [-0.2, -0.15) is 0 Å². The lowest BCUT2D eigenvalue weighted by atomic mass is 9.83. The number of rotatable bonds is 10. The van der Waals surface area contributed by atoms with Crippen LogP contribution in [0.5, 0.6) is 0 Å². The van der Waals surface area contributed by atoms with Crippen molar-refractivity contribution >= 4 is 5.96 Å². The van der Waals surface area contributed by atoms with Crippen molar-refractivity contribution in [3.63, 3.8) is 0 Å². The van der Waals surface area contributed by atoms with Crippen molar-refractivity contribution < 1.29 is 9.47 Å². The smallest absolute Gasteiger partial charge is 0.191 e. The highest BCUT2D eigenvalue weighted by Crippen LogP contribution is 2.40. The van der Waals surface area contributed by atoms with Gasteiger partial charge in [-0.15, -0.1) is 0 Å². The molecule has 0 amide bonds. The maximum atomic E-state index is 5.65. The summed E-state index contributed by atoms with van der Waals surface area (Å²) in [5.74, 6) is 0.888. The predicted molar refractivity (Wildman–Crippen MR) is 123 cm³/mol. The van der Waals surface area contributed by atoms with Crippen molar-refractivity contribution in [1.29, 1.82) is 0 Å². The van der Waals surface area contributed by atoms with E-state index in [-0.39, 0.29) is 0 Å². The second kappa shape index (κ2) is 12.3. The van der Waals surface area contributed by atoms with Crippen LogP contribution in [0.3, 0.4) is 0 Å². The Labute approximate surface area is 182 Å². The summed E-state index contributed by atoms with van der Waals surface area (Å²) < 4.78 is 11.1. The first-order chi connectivity index (χ1) is 14.7. The zero-order valence-electron chi connectivity index (χ0n) is 18.9. The van der Waals surface area contributed by atoms with E-state index in [0.29, 0.717) is 5.41 Å². The molecule has 2 aliphatic rings. The lowest BCUT2D eigenvalue weighted by Gasteiger charge is -2.30. The Balaban J connectivity index is 1.51. The average molecular weight is 417 g/mol. The summed E-state index contributed by atoms with van der Waals surface area (Å²) in [6, 6.07) is 8.71. The number of aliphatic imine (C=N–C) groups is 1. The van der Waals surface area contributed by atoms with E-state index in [2.05, 4.69) is 51.7 Å². The van der Waals surface area contributed by atoms with Crippen molar-refractivity contribution in [2.45, 2.75) is 52.1 Å². The van der Waals surface area contributed by atoms with Gasteiger partial charge in [-0.25, -0.2) is 0 Å². The third kappa shape index (κ3) is 6.96. The molecule has 1 aliphatic heterocycles. The summed E-state index contributed by atoms with van der Waals surface area (Å²) >= 11 is 0. The number of hydrogen-bond donors (Lipinski definition) is 2. The third-order valence-electron chi connectivity index (χ3n) is 6.56. The number of hydrogen-bond acceptors (Lipinski definition) is 4. The molecular weight excluding hydrogens is 376 g/mol. The van der Waals surface area contributed by atoms with Gasteiger partial charge in [-0.1, -0.05) is 37.1 Å². The Kier molecular flexibility index (Phi) is 9.43. The molecule has 3 rings (SSSR count). The summed E-state index contributed by atoms with van der Waals surface area (Å²) in [4.78, 5) is 6.94. The Bertz CT molecular complexity index is 652. The summed E-state index contributed by atoms with van der Waals surface area (Å²) in [7, 11) is 1.86. The first-order valence-electron chi connectivity index (χ1n) is 11.6. The van der Waals surface area contributed by atoms with Gasteiger partial charge in [-0.3, -0.25) is 9.89 Å². The summed E-state index contributed by atoms with van der Waals surface area (Å²) in [6.07, 6.45) is 6.36. The third-order valence-corrected chi connectivity index (χ3v) is 6.56.